The zero-order valence-electron chi connectivity index (χ0n) is 15.0. The summed E-state index contributed by atoms with van der Waals surface area (Å²) in [5, 5.41) is 4.25. The Kier molecular flexibility index (Phi) is 4.88. The molecule has 1 aliphatic rings. The quantitative estimate of drug-likeness (QED) is 0.803. The van der Waals surface area contributed by atoms with Crippen molar-refractivity contribution < 1.29 is 9.59 Å². The second-order valence-electron chi connectivity index (χ2n) is 6.69. The standard InChI is InChI=1S/C19H24N4O2/c1-14(2)23-13-17(12-20-23)19(25)22-10-8-21(9-11-22)18-6-4-16(5-7-18)15(3)24/h4-7,12-14H,8-11H2,1-3H3. The van der Waals surface area contributed by atoms with E-state index in [1.165, 1.54) is 0 Å². The van der Waals surface area contributed by atoms with Crippen LogP contribution in [0.3, 0.4) is 0 Å². The summed E-state index contributed by atoms with van der Waals surface area (Å²) < 4.78 is 1.81. The van der Waals surface area contributed by atoms with Crippen LogP contribution in [-0.4, -0.2) is 52.5 Å². The molecule has 0 radical (unpaired) electrons. The third kappa shape index (κ3) is 3.73. The lowest BCUT2D eigenvalue weighted by molar-refractivity contribution is 0.0746. The van der Waals surface area contributed by atoms with Gasteiger partial charge in [0.2, 0.25) is 0 Å². The first-order chi connectivity index (χ1) is 12.0. The molecule has 2 heterocycles. The van der Waals surface area contributed by atoms with E-state index in [1.807, 2.05) is 49.2 Å². The number of anilines is 1. The first kappa shape index (κ1) is 17.2. The highest BCUT2D eigenvalue weighted by atomic mass is 16.2. The molecule has 0 spiro atoms. The number of aromatic nitrogens is 2. The van der Waals surface area contributed by atoms with Crippen LogP contribution in [0.4, 0.5) is 5.69 Å². The fourth-order valence-corrected chi connectivity index (χ4v) is 2.99. The van der Waals surface area contributed by atoms with Crippen LogP contribution < -0.4 is 4.90 Å². The molecule has 6 nitrogen and oxygen atoms in total. The monoisotopic (exact) mass is 340 g/mol. The van der Waals surface area contributed by atoms with Gasteiger partial charge in [-0.25, -0.2) is 0 Å². The van der Waals surface area contributed by atoms with Crippen molar-refractivity contribution in [2.45, 2.75) is 26.8 Å². The minimum absolute atomic E-state index is 0.0403. The molecule has 0 aliphatic carbocycles. The van der Waals surface area contributed by atoms with Crippen molar-refractivity contribution in [2.75, 3.05) is 31.1 Å². The highest BCUT2D eigenvalue weighted by Crippen LogP contribution is 2.19. The summed E-state index contributed by atoms with van der Waals surface area (Å²) in [4.78, 5) is 28.1. The van der Waals surface area contributed by atoms with E-state index in [9.17, 15) is 9.59 Å². The second-order valence-corrected chi connectivity index (χ2v) is 6.69. The van der Waals surface area contributed by atoms with Crippen molar-refractivity contribution in [3.05, 3.63) is 47.8 Å². The van der Waals surface area contributed by atoms with E-state index in [4.69, 9.17) is 0 Å². The van der Waals surface area contributed by atoms with E-state index in [0.717, 1.165) is 24.3 Å². The van der Waals surface area contributed by atoms with Crippen LogP contribution in [0, 0.1) is 0 Å². The summed E-state index contributed by atoms with van der Waals surface area (Å²) >= 11 is 0. The molecule has 0 saturated carbocycles. The Morgan fingerprint density at radius 3 is 2.16 bits per heavy atom. The van der Waals surface area contributed by atoms with E-state index in [2.05, 4.69) is 10.00 Å². The van der Waals surface area contributed by atoms with Gasteiger partial charge in [-0.2, -0.15) is 5.10 Å². The minimum atomic E-state index is 0.0403. The Balaban J connectivity index is 1.61. The van der Waals surface area contributed by atoms with Crippen LogP contribution in [0.5, 0.6) is 0 Å². The number of ketones is 1. The van der Waals surface area contributed by atoms with Crippen molar-refractivity contribution in [2.24, 2.45) is 0 Å². The molecular weight excluding hydrogens is 316 g/mol. The van der Waals surface area contributed by atoms with Gasteiger partial charge in [-0.1, -0.05) is 0 Å². The third-order valence-electron chi connectivity index (χ3n) is 4.58. The topological polar surface area (TPSA) is 58.4 Å². The summed E-state index contributed by atoms with van der Waals surface area (Å²) in [6.07, 6.45) is 3.47. The third-order valence-corrected chi connectivity index (χ3v) is 4.58. The Morgan fingerprint density at radius 2 is 1.64 bits per heavy atom. The fourth-order valence-electron chi connectivity index (χ4n) is 2.99. The molecule has 132 valence electrons. The van der Waals surface area contributed by atoms with Crippen molar-refractivity contribution >= 4 is 17.4 Å². The lowest BCUT2D eigenvalue weighted by atomic mass is 10.1. The summed E-state index contributed by atoms with van der Waals surface area (Å²) in [6, 6.07) is 7.91. The predicted molar refractivity (Wildman–Crippen MR) is 97.2 cm³/mol. The van der Waals surface area contributed by atoms with E-state index < -0.39 is 0 Å². The molecule has 25 heavy (non-hydrogen) atoms. The maximum absolute atomic E-state index is 12.6. The fraction of sp³-hybridized carbons (Fsp3) is 0.421. The number of hydrogen-bond acceptors (Lipinski definition) is 4. The largest absolute Gasteiger partial charge is 0.368 e. The highest BCUT2D eigenvalue weighted by molar-refractivity contribution is 5.94. The molecule has 1 aromatic carbocycles. The smallest absolute Gasteiger partial charge is 0.257 e. The van der Waals surface area contributed by atoms with Crippen molar-refractivity contribution in [3.8, 4) is 0 Å². The van der Waals surface area contributed by atoms with Crippen molar-refractivity contribution in [3.63, 3.8) is 0 Å². The Hall–Kier alpha value is -2.63. The van der Waals surface area contributed by atoms with E-state index in [0.29, 0.717) is 18.7 Å². The molecule has 1 aliphatic heterocycles. The number of amides is 1. The normalized spacial score (nSPS) is 14.9. The molecule has 0 atom stereocenters. The minimum Gasteiger partial charge on any atom is -0.368 e. The molecule has 0 N–H and O–H groups in total. The van der Waals surface area contributed by atoms with Crippen LogP contribution in [0.25, 0.3) is 0 Å². The number of carbonyl (C=O) groups excluding carboxylic acids is 2. The second kappa shape index (κ2) is 7.09. The number of benzene rings is 1. The first-order valence-corrected chi connectivity index (χ1v) is 8.65. The van der Waals surface area contributed by atoms with Gasteiger partial charge in [0.25, 0.3) is 5.91 Å². The molecule has 1 aromatic heterocycles. The van der Waals surface area contributed by atoms with Gasteiger partial charge < -0.3 is 9.80 Å². The van der Waals surface area contributed by atoms with Gasteiger partial charge >= 0.3 is 0 Å². The summed E-state index contributed by atoms with van der Waals surface area (Å²) in [7, 11) is 0. The van der Waals surface area contributed by atoms with Gasteiger partial charge in [-0.15, -0.1) is 0 Å². The number of carbonyl (C=O) groups is 2. The Labute approximate surface area is 148 Å². The van der Waals surface area contributed by atoms with Gasteiger partial charge in [0, 0.05) is 49.7 Å². The number of piperazine rings is 1. The van der Waals surface area contributed by atoms with Crippen LogP contribution in [-0.2, 0) is 0 Å². The van der Waals surface area contributed by atoms with Crippen LogP contribution >= 0.6 is 0 Å². The molecule has 6 heteroatoms. The predicted octanol–water partition coefficient (Wildman–Crippen LogP) is 2.63. The van der Waals surface area contributed by atoms with Gasteiger partial charge in [0.05, 0.1) is 11.8 Å². The molecule has 3 rings (SSSR count). The SMILES string of the molecule is CC(=O)c1ccc(N2CCN(C(=O)c3cnn(C(C)C)c3)CC2)cc1. The summed E-state index contributed by atoms with van der Waals surface area (Å²) in [6.45, 7) is 8.57. The maximum Gasteiger partial charge on any atom is 0.257 e. The van der Waals surface area contributed by atoms with Gasteiger partial charge in [-0.3, -0.25) is 14.3 Å². The van der Waals surface area contributed by atoms with Crippen LogP contribution in [0.1, 0.15) is 47.5 Å². The summed E-state index contributed by atoms with van der Waals surface area (Å²) in [5.74, 6) is 0.113. The number of Topliss-reactive ketones (excluding diaryl/α,β-unsaturated/α-hetero) is 1. The van der Waals surface area contributed by atoms with Crippen molar-refractivity contribution in [1.29, 1.82) is 0 Å². The van der Waals surface area contributed by atoms with Crippen molar-refractivity contribution in [1.82, 2.24) is 14.7 Å². The Morgan fingerprint density at radius 1 is 1.00 bits per heavy atom. The number of nitrogens with zero attached hydrogens (tertiary/aromatic N) is 4. The lowest BCUT2D eigenvalue weighted by Crippen LogP contribution is -2.48. The van der Waals surface area contributed by atoms with E-state index >= 15 is 0 Å². The summed E-state index contributed by atoms with van der Waals surface area (Å²) in [5.41, 5.74) is 2.46. The van der Waals surface area contributed by atoms with Gasteiger partial charge in [-0.05, 0) is 45.0 Å². The highest BCUT2D eigenvalue weighted by Gasteiger charge is 2.23. The molecule has 1 fully saturated rings. The first-order valence-electron chi connectivity index (χ1n) is 8.65. The lowest BCUT2D eigenvalue weighted by Gasteiger charge is -2.36. The molecule has 1 amide bonds. The van der Waals surface area contributed by atoms with Gasteiger partial charge in [0.15, 0.2) is 5.78 Å². The number of rotatable bonds is 4. The van der Waals surface area contributed by atoms with E-state index in [-0.39, 0.29) is 17.7 Å². The zero-order chi connectivity index (χ0) is 18.0. The van der Waals surface area contributed by atoms with E-state index in [1.54, 1.807) is 17.8 Å². The molecule has 0 unspecified atom stereocenters. The average Bonchev–Trinajstić information content (AvgIpc) is 3.12. The molecule has 2 aromatic rings. The molecule has 1 saturated heterocycles. The number of hydrogen-bond donors (Lipinski definition) is 0. The molecular formula is C19H24N4O2. The van der Waals surface area contributed by atoms with Crippen LogP contribution in [0.2, 0.25) is 0 Å². The van der Waals surface area contributed by atoms with Gasteiger partial charge in [0.1, 0.15) is 0 Å². The zero-order valence-corrected chi connectivity index (χ0v) is 15.0. The van der Waals surface area contributed by atoms with Crippen LogP contribution in [0.15, 0.2) is 36.7 Å². The maximum atomic E-state index is 12.6. The molecule has 0 bridgehead atoms. The average molecular weight is 340 g/mol. The Bertz CT molecular complexity index is 756.